The maximum absolute atomic E-state index is 12.3. The van der Waals surface area contributed by atoms with Crippen molar-refractivity contribution in [3.8, 4) is 0 Å². The second-order valence-corrected chi connectivity index (χ2v) is 11.5. The lowest BCUT2D eigenvalue weighted by Gasteiger charge is -2.38. The highest BCUT2D eigenvalue weighted by atomic mass is 16.7. The van der Waals surface area contributed by atoms with Crippen LogP contribution in [0.5, 0.6) is 0 Å². The van der Waals surface area contributed by atoms with Crippen molar-refractivity contribution in [2.24, 2.45) is 41.2 Å². The van der Waals surface area contributed by atoms with Gasteiger partial charge >= 0.3 is 12.1 Å². The number of nitrogens with two attached hydrogens (primary N) is 1. The van der Waals surface area contributed by atoms with Crippen LogP contribution in [-0.2, 0) is 23.7 Å². The van der Waals surface area contributed by atoms with Crippen molar-refractivity contribution in [1.82, 2.24) is 0 Å². The molecule has 1 aliphatic rings. The molecule has 0 saturated carbocycles. The largest absolute Gasteiger partial charge is 0.462 e. The van der Waals surface area contributed by atoms with E-state index in [0.29, 0.717) is 19.3 Å². The van der Waals surface area contributed by atoms with E-state index in [2.05, 4.69) is 0 Å². The molecule has 0 aromatic carbocycles. The number of hydrogen-bond acceptors (Lipinski definition) is 8. The van der Waals surface area contributed by atoms with Gasteiger partial charge in [-0.25, -0.2) is 4.79 Å². The van der Waals surface area contributed by atoms with Crippen LogP contribution in [0.4, 0.5) is 4.79 Å². The minimum Gasteiger partial charge on any atom is -0.462 e. The Morgan fingerprint density at radius 3 is 2.18 bits per heavy atom. The molecule has 0 aromatic rings. The van der Waals surface area contributed by atoms with Crippen LogP contribution in [0.25, 0.3) is 0 Å². The molecule has 9 heteroatoms. The van der Waals surface area contributed by atoms with Crippen LogP contribution in [0.1, 0.15) is 74.1 Å². The number of esters is 1. The first-order valence-electron chi connectivity index (χ1n) is 14.3. The van der Waals surface area contributed by atoms with E-state index in [0.717, 1.165) is 6.42 Å². The first-order chi connectivity index (χ1) is 18.3. The van der Waals surface area contributed by atoms with E-state index < -0.39 is 24.4 Å². The van der Waals surface area contributed by atoms with E-state index in [1.807, 2.05) is 72.8 Å². The molecule has 1 rings (SSSR count). The van der Waals surface area contributed by atoms with Crippen molar-refractivity contribution in [2.45, 2.75) is 105 Å². The summed E-state index contributed by atoms with van der Waals surface area (Å²) >= 11 is 0. The minimum absolute atomic E-state index is 0.0408. The van der Waals surface area contributed by atoms with Gasteiger partial charge in [-0.1, -0.05) is 65.8 Å². The van der Waals surface area contributed by atoms with Gasteiger partial charge in [0.2, 0.25) is 0 Å². The zero-order chi connectivity index (χ0) is 29.7. The van der Waals surface area contributed by atoms with Crippen LogP contribution in [0, 0.1) is 35.5 Å². The third-order valence-corrected chi connectivity index (χ3v) is 7.85. The van der Waals surface area contributed by atoms with Crippen LogP contribution < -0.4 is 5.73 Å². The molecule has 1 aliphatic heterocycles. The molecule has 0 unspecified atom stereocenters. The fraction of sp³-hybridized carbons (Fsp3) is 0.800. The first kappa shape index (κ1) is 35.1. The van der Waals surface area contributed by atoms with Crippen molar-refractivity contribution in [3.63, 3.8) is 0 Å². The summed E-state index contributed by atoms with van der Waals surface area (Å²) in [5, 5.41) is 21.3. The molecule has 226 valence electrons. The molecule has 10 atom stereocenters. The zero-order valence-electron chi connectivity index (χ0n) is 25.1. The number of carbonyl (C=O) groups excluding carboxylic acids is 2. The standard InChI is InChI=1S/C30H53NO8/c1-18(2)27(39-30(31)35)21(5)24(32)15-11-9-13-19(3)26(33)20(4)14-10-12-16-25-22(6)28(37-17-36-8)23(7)29(34)38-25/h9-10,13-14,18-28,32-33H,11-12,15-17H2,1-8H3,(H2,31,35)/b13-9-,14-10-/t19-,20-,21-,22+,23+,24+,25-,26+,27-,28-/m0/s1. The van der Waals surface area contributed by atoms with E-state index in [9.17, 15) is 19.8 Å². The lowest BCUT2D eigenvalue weighted by atomic mass is 9.84. The van der Waals surface area contributed by atoms with Gasteiger partial charge in [0, 0.05) is 30.8 Å². The van der Waals surface area contributed by atoms with Crippen molar-refractivity contribution < 1.29 is 38.7 Å². The lowest BCUT2D eigenvalue weighted by molar-refractivity contribution is -0.194. The van der Waals surface area contributed by atoms with Gasteiger partial charge in [-0.3, -0.25) is 4.79 Å². The molecule has 39 heavy (non-hydrogen) atoms. The molecule has 0 aromatic heterocycles. The molecular weight excluding hydrogens is 502 g/mol. The lowest BCUT2D eigenvalue weighted by Crippen LogP contribution is -2.48. The van der Waals surface area contributed by atoms with E-state index >= 15 is 0 Å². The summed E-state index contributed by atoms with van der Waals surface area (Å²) < 4.78 is 21.6. The smallest absolute Gasteiger partial charge is 0.404 e. The highest BCUT2D eigenvalue weighted by Crippen LogP contribution is 2.31. The Morgan fingerprint density at radius 1 is 1.05 bits per heavy atom. The predicted octanol–water partition coefficient (Wildman–Crippen LogP) is 4.60. The Morgan fingerprint density at radius 2 is 1.64 bits per heavy atom. The summed E-state index contributed by atoms with van der Waals surface area (Å²) in [6, 6.07) is 0. The SMILES string of the molecule is COCO[C@H]1[C@H](C)[C@H](CC/C=C\[C@H](C)[C@H](O)[C@@H](C)/C=C\CC[C@@H](O)[C@H](C)[C@@H](OC(N)=O)C(C)C)OC(=O)[C@@H]1C. The fourth-order valence-corrected chi connectivity index (χ4v) is 5.25. The third kappa shape index (κ3) is 11.6. The van der Waals surface area contributed by atoms with Crippen LogP contribution in [-0.4, -0.2) is 66.7 Å². The molecule has 0 aliphatic carbocycles. The summed E-state index contributed by atoms with van der Waals surface area (Å²) in [6.07, 6.45) is 7.60. The van der Waals surface area contributed by atoms with Crippen molar-refractivity contribution >= 4 is 12.1 Å². The van der Waals surface area contributed by atoms with Gasteiger partial charge < -0.3 is 34.9 Å². The van der Waals surface area contributed by atoms with E-state index in [1.165, 1.54) is 0 Å². The number of cyclic esters (lactones) is 1. The van der Waals surface area contributed by atoms with E-state index in [4.69, 9.17) is 24.7 Å². The van der Waals surface area contributed by atoms with Gasteiger partial charge in [-0.05, 0) is 38.5 Å². The number of hydrogen-bond donors (Lipinski definition) is 3. The molecular formula is C30H53NO8. The summed E-state index contributed by atoms with van der Waals surface area (Å²) in [7, 11) is 1.56. The average Bonchev–Trinajstić information content (AvgIpc) is 2.88. The minimum atomic E-state index is -0.832. The molecule has 0 spiro atoms. The van der Waals surface area contributed by atoms with Gasteiger partial charge in [0.05, 0.1) is 24.2 Å². The van der Waals surface area contributed by atoms with Crippen molar-refractivity contribution in [1.29, 1.82) is 0 Å². The average molecular weight is 556 g/mol. The number of primary amides is 1. The second-order valence-electron chi connectivity index (χ2n) is 11.5. The normalized spacial score (nSPS) is 26.8. The van der Waals surface area contributed by atoms with Crippen molar-refractivity contribution in [2.75, 3.05) is 13.9 Å². The Kier molecular flexibility index (Phi) is 15.9. The third-order valence-electron chi connectivity index (χ3n) is 7.85. The number of amides is 1. The highest BCUT2D eigenvalue weighted by Gasteiger charge is 2.41. The van der Waals surface area contributed by atoms with Crippen LogP contribution in [0.3, 0.4) is 0 Å². The molecule has 1 fully saturated rings. The van der Waals surface area contributed by atoms with Gasteiger partial charge in [-0.2, -0.15) is 0 Å². The summed E-state index contributed by atoms with van der Waals surface area (Å²) in [4.78, 5) is 23.4. The first-order valence-corrected chi connectivity index (χ1v) is 14.3. The summed E-state index contributed by atoms with van der Waals surface area (Å²) in [5.74, 6) is -0.842. The topological polar surface area (TPSA) is 138 Å². The van der Waals surface area contributed by atoms with Crippen LogP contribution in [0.15, 0.2) is 24.3 Å². The number of ether oxygens (including phenoxy) is 4. The number of allylic oxidation sites excluding steroid dienone is 2. The number of aliphatic hydroxyl groups excluding tert-OH is 2. The molecule has 0 radical (unpaired) electrons. The molecule has 1 saturated heterocycles. The van der Waals surface area contributed by atoms with Gasteiger partial charge in [0.15, 0.2) is 0 Å². The zero-order valence-corrected chi connectivity index (χ0v) is 25.1. The number of carbonyl (C=O) groups is 2. The van der Waals surface area contributed by atoms with Gasteiger partial charge in [0.25, 0.3) is 0 Å². The van der Waals surface area contributed by atoms with Crippen LogP contribution in [0.2, 0.25) is 0 Å². The monoisotopic (exact) mass is 555 g/mol. The van der Waals surface area contributed by atoms with E-state index in [1.54, 1.807) is 7.11 Å². The quantitative estimate of drug-likeness (QED) is 0.135. The Bertz CT molecular complexity index is 785. The molecule has 0 bridgehead atoms. The van der Waals surface area contributed by atoms with Gasteiger partial charge in [-0.15, -0.1) is 0 Å². The fourth-order valence-electron chi connectivity index (χ4n) is 5.25. The Hall–Kier alpha value is -1.94. The predicted molar refractivity (Wildman–Crippen MR) is 151 cm³/mol. The van der Waals surface area contributed by atoms with Crippen LogP contribution >= 0.6 is 0 Å². The number of aliphatic hydroxyl groups is 2. The maximum atomic E-state index is 12.3. The highest BCUT2D eigenvalue weighted by molar-refractivity contribution is 5.73. The maximum Gasteiger partial charge on any atom is 0.404 e. The van der Waals surface area contributed by atoms with Crippen molar-refractivity contribution in [3.05, 3.63) is 24.3 Å². The number of rotatable bonds is 17. The molecule has 4 N–H and O–H groups in total. The summed E-state index contributed by atoms with van der Waals surface area (Å²) in [5.41, 5.74) is 5.17. The second kappa shape index (κ2) is 17.7. The molecule has 9 nitrogen and oxygen atoms in total. The van der Waals surface area contributed by atoms with Gasteiger partial charge in [0.1, 0.15) is 19.0 Å². The Balaban J connectivity index is 2.50. The van der Waals surface area contributed by atoms with E-state index in [-0.39, 0.29) is 60.5 Å². The molecule has 1 amide bonds. The summed E-state index contributed by atoms with van der Waals surface area (Å²) in [6.45, 7) is 13.6. The molecule has 1 heterocycles. The Labute approximate surface area is 235 Å². The number of methoxy groups -OCH3 is 1.